The van der Waals surface area contributed by atoms with E-state index in [1.165, 1.54) is 7.11 Å². The van der Waals surface area contributed by atoms with Gasteiger partial charge in [-0.3, -0.25) is 14.2 Å². The third kappa shape index (κ3) is 9.99. The third-order valence-corrected chi connectivity index (χ3v) is 6.62. The van der Waals surface area contributed by atoms with Gasteiger partial charge in [0.2, 0.25) is 5.95 Å². The Bertz CT molecular complexity index is 1140. The van der Waals surface area contributed by atoms with Crippen molar-refractivity contribution < 1.29 is 33.8 Å². The summed E-state index contributed by atoms with van der Waals surface area (Å²) in [5.41, 5.74) is 8.22. The minimum absolute atomic E-state index is 0.0590. The van der Waals surface area contributed by atoms with Crippen molar-refractivity contribution in [2.24, 2.45) is 0 Å². The highest BCUT2D eigenvalue weighted by Gasteiger charge is 2.20. The zero-order valence-corrected chi connectivity index (χ0v) is 22.3. The molecule has 0 spiro atoms. The van der Waals surface area contributed by atoms with Crippen molar-refractivity contribution in [3.8, 4) is 5.75 Å². The second-order valence-electron chi connectivity index (χ2n) is 8.78. The highest BCUT2D eigenvalue weighted by Crippen LogP contribution is 2.34. The lowest BCUT2D eigenvalue weighted by molar-refractivity contribution is -0.137. The smallest absolute Gasteiger partial charge is 0.325 e. The van der Waals surface area contributed by atoms with Crippen molar-refractivity contribution in [1.29, 1.82) is 0 Å². The number of rotatable bonds is 15. The molecule has 37 heavy (non-hydrogen) atoms. The predicted molar refractivity (Wildman–Crippen MR) is 140 cm³/mol. The lowest BCUT2D eigenvalue weighted by Crippen LogP contribution is -2.25. The molecule has 12 nitrogen and oxygen atoms in total. The molecule has 2 rings (SSSR count). The van der Waals surface area contributed by atoms with Crippen LogP contribution < -0.4 is 21.1 Å². The fourth-order valence-electron chi connectivity index (χ4n) is 3.87. The number of methoxy groups -OCH3 is 1. The van der Waals surface area contributed by atoms with Gasteiger partial charge in [-0.25, -0.2) is 4.98 Å². The second-order valence-corrected chi connectivity index (χ2v) is 10.6. The van der Waals surface area contributed by atoms with Crippen LogP contribution in [0.2, 0.25) is 0 Å². The van der Waals surface area contributed by atoms with Crippen LogP contribution in [0.3, 0.4) is 0 Å². The predicted octanol–water partition coefficient (Wildman–Crippen LogP) is 2.71. The van der Waals surface area contributed by atoms with Gasteiger partial charge < -0.3 is 36.0 Å². The Morgan fingerprint density at radius 3 is 2.57 bits per heavy atom. The minimum Gasteiger partial charge on any atom is -0.496 e. The zero-order chi connectivity index (χ0) is 27.6. The zero-order valence-electron chi connectivity index (χ0n) is 21.4. The maximum absolute atomic E-state index is 12.6. The molecule has 0 radical (unpaired) electrons. The minimum atomic E-state index is -4.12. The number of amides is 1. The fraction of sp³-hybridized carbons (Fsp3) is 0.500. The van der Waals surface area contributed by atoms with E-state index in [0.29, 0.717) is 40.4 Å². The molecule has 0 bridgehead atoms. The largest absolute Gasteiger partial charge is 0.496 e. The first-order valence-corrected chi connectivity index (χ1v) is 13.8. The maximum Gasteiger partial charge on any atom is 0.325 e. The number of unbranched alkanes of at least 4 members (excludes halogenated alkanes) is 1. The number of carbonyl (C=O) groups excluding carboxylic acids is 1. The SMILES string of the molecule is CCCCC(CC(=O)O)Nc1nc(N)nc(C)c1Cc1cc(C(=O)NCCCP(=O)(O)O)ccc1OC. The number of nitrogens with zero attached hydrogens (tertiary/aromatic N) is 2. The number of nitrogens with one attached hydrogen (secondary N) is 2. The number of nitrogens with two attached hydrogens (primary N) is 1. The molecule has 0 aliphatic rings. The van der Waals surface area contributed by atoms with Crippen LogP contribution in [0.15, 0.2) is 18.2 Å². The summed E-state index contributed by atoms with van der Waals surface area (Å²) >= 11 is 0. The Hall–Kier alpha value is -3.21. The summed E-state index contributed by atoms with van der Waals surface area (Å²) in [6, 6.07) is 4.58. The molecule has 1 atom stereocenters. The normalized spacial score (nSPS) is 12.1. The van der Waals surface area contributed by atoms with Gasteiger partial charge >= 0.3 is 13.6 Å². The van der Waals surface area contributed by atoms with E-state index >= 15 is 0 Å². The number of anilines is 2. The van der Waals surface area contributed by atoms with Crippen LogP contribution >= 0.6 is 7.60 Å². The number of aryl methyl sites for hydroxylation is 1. The molecule has 204 valence electrons. The van der Waals surface area contributed by atoms with Crippen molar-refractivity contribution >= 4 is 31.2 Å². The molecule has 0 saturated carbocycles. The Balaban J connectivity index is 2.32. The quantitative estimate of drug-likeness (QED) is 0.144. The van der Waals surface area contributed by atoms with Gasteiger partial charge in [0, 0.05) is 35.8 Å². The standard InChI is InChI=1S/C24H36N5O7P/c1-4-5-7-18(14-21(30)31)28-22-19(15(2)27-24(25)29-22)13-17-12-16(8-9-20(17)36-3)23(32)26-10-6-11-37(33,34)35/h8-9,12,18H,4-7,10-11,13-14H2,1-3H3,(H,26,32)(H,30,31)(H2,33,34,35)(H3,25,27,28,29). The highest BCUT2D eigenvalue weighted by molar-refractivity contribution is 7.51. The summed E-state index contributed by atoms with van der Waals surface area (Å²) in [5.74, 6) is -0.284. The number of aromatic nitrogens is 2. The molecule has 0 fully saturated rings. The Kier molecular flexibility index (Phi) is 11.3. The van der Waals surface area contributed by atoms with Crippen LogP contribution in [0, 0.1) is 6.92 Å². The molecular formula is C24H36N5O7P. The monoisotopic (exact) mass is 537 g/mol. The molecule has 1 aromatic carbocycles. The van der Waals surface area contributed by atoms with E-state index in [1.807, 2.05) is 6.92 Å². The van der Waals surface area contributed by atoms with Crippen molar-refractivity contribution in [1.82, 2.24) is 15.3 Å². The lowest BCUT2D eigenvalue weighted by Gasteiger charge is -2.21. The first-order valence-electron chi connectivity index (χ1n) is 12.0. The van der Waals surface area contributed by atoms with Crippen molar-refractivity contribution in [3.63, 3.8) is 0 Å². The number of aliphatic carboxylic acids is 1. The van der Waals surface area contributed by atoms with E-state index in [2.05, 4.69) is 20.6 Å². The number of carboxylic acids is 1. The summed E-state index contributed by atoms with van der Waals surface area (Å²) in [7, 11) is -2.61. The van der Waals surface area contributed by atoms with E-state index in [1.54, 1.807) is 25.1 Å². The van der Waals surface area contributed by atoms with E-state index in [4.69, 9.17) is 20.3 Å². The first-order chi connectivity index (χ1) is 17.4. The molecule has 1 unspecified atom stereocenters. The molecule has 1 aromatic heterocycles. The summed E-state index contributed by atoms with van der Waals surface area (Å²) < 4.78 is 16.5. The van der Waals surface area contributed by atoms with Crippen LogP contribution in [0.25, 0.3) is 0 Å². The van der Waals surface area contributed by atoms with Crippen LogP contribution in [0.5, 0.6) is 5.75 Å². The van der Waals surface area contributed by atoms with Gasteiger partial charge in [-0.15, -0.1) is 0 Å². The Morgan fingerprint density at radius 2 is 1.95 bits per heavy atom. The Morgan fingerprint density at radius 1 is 1.22 bits per heavy atom. The van der Waals surface area contributed by atoms with Gasteiger partial charge in [-0.2, -0.15) is 4.98 Å². The van der Waals surface area contributed by atoms with Crippen LogP contribution in [-0.4, -0.2) is 62.6 Å². The lowest BCUT2D eigenvalue weighted by atomic mass is 9.99. The van der Waals surface area contributed by atoms with Gasteiger partial charge in [0.1, 0.15) is 11.6 Å². The molecule has 0 aliphatic heterocycles. The molecule has 7 N–H and O–H groups in total. The van der Waals surface area contributed by atoms with Crippen molar-refractivity contribution in [2.45, 2.75) is 58.4 Å². The van der Waals surface area contributed by atoms with Gasteiger partial charge in [0.15, 0.2) is 0 Å². The summed E-state index contributed by atoms with van der Waals surface area (Å²) in [6.45, 7) is 3.93. The topological polar surface area (TPSA) is 197 Å². The molecule has 0 aliphatic carbocycles. The van der Waals surface area contributed by atoms with Gasteiger partial charge in [0.25, 0.3) is 5.91 Å². The average molecular weight is 538 g/mol. The summed E-state index contributed by atoms with van der Waals surface area (Å²) in [4.78, 5) is 50.6. The molecule has 2 aromatic rings. The molecule has 13 heteroatoms. The Labute approximate surface area is 216 Å². The van der Waals surface area contributed by atoms with Crippen LogP contribution in [0.1, 0.15) is 66.2 Å². The number of benzene rings is 1. The van der Waals surface area contributed by atoms with Gasteiger partial charge in [0.05, 0.1) is 19.7 Å². The molecule has 1 amide bonds. The summed E-state index contributed by atoms with van der Waals surface area (Å²) in [6.07, 6.45) is 2.44. The van der Waals surface area contributed by atoms with E-state index < -0.39 is 13.6 Å². The van der Waals surface area contributed by atoms with Crippen LogP contribution in [0.4, 0.5) is 11.8 Å². The van der Waals surface area contributed by atoms with Crippen molar-refractivity contribution in [3.05, 3.63) is 40.6 Å². The number of ether oxygens (including phenoxy) is 1. The number of carbonyl (C=O) groups is 2. The number of carboxylic acid groups (broad SMARTS) is 1. The van der Waals surface area contributed by atoms with Crippen LogP contribution in [-0.2, 0) is 15.8 Å². The molecular weight excluding hydrogens is 501 g/mol. The maximum atomic E-state index is 12.6. The first kappa shape index (κ1) is 30.0. The number of hydrogen-bond donors (Lipinski definition) is 6. The van der Waals surface area contributed by atoms with E-state index in [0.717, 1.165) is 12.8 Å². The number of hydrogen-bond acceptors (Lipinski definition) is 8. The second kappa shape index (κ2) is 13.9. The third-order valence-electron chi connectivity index (χ3n) is 5.72. The fourth-order valence-corrected chi connectivity index (χ4v) is 4.44. The van der Waals surface area contributed by atoms with Gasteiger partial charge in [-0.05, 0) is 43.5 Å². The van der Waals surface area contributed by atoms with Crippen molar-refractivity contribution in [2.75, 3.05) is 30.9 Å². The average Bonchev–Trinajstić information content (AvgIpc) is 2.81. The van der Waals surface area contributed by atoms with Gasteiger partial charge in [-0.1, -0.05) is 19.8 Å². The highest BCUT2D eigenvalue weighted by atomic mass is 31.2. The molecule has 1 heterocycles. The van der Waals surface area contributed by atoms with E-state index in [-0.39, 0.29) is 49.9 Å². The van der Waals surface area contributed by atoms with E-state index in [9.17, 15) is 19.3 Å². The summed E-state index contributed by atoms with van der Waals surface area (Å²) in [5, 5.41) is 15.3. The molecule has 0 saturated heterocycles. The number of nitrogen functional groups attached to an aromatic ring is 1.